The van der Waals surface area contributed by atoms with Crippen molar-refractivity contribution in [3.8, 4) is 0 Å². The predicted octanol–water partition coefficient (Wildman–Crippen LogP) is 1.45. The third-order valence-corrected chi connectivity index (χ3v) is 2.86. The van der Waals surface area contributed by atoms with E-state index in [4.69, 9.17) is 5.73 Å². The number of nitrogens with zero attached hydrogens (tertiary/aromatic N) is 1. The summed E-state index contributed by atoms with van der Waals surface area (Å²) in [5, 5.41) is 2.96. The highest BCUT2D eigenvalue weighted by Crippen LogP contribution is 2.18. The lowest BCUT2D eigenvalue weighted by atomic mass is 10.2. The third kappa shape index (κ3) is 4.20. The van der Waals surface area contributed by atoms with E-state index in [0.717, 1.165) is 24.8 Å². The summed E-state index contributed by atoms with van der Waals surface area (Å²) in [6.07, 6.45) is 3.53. The number of rotatable bonds is 6. The number of benzene rings is 1. The summed E-state index contributed by atoms with van der Waals surface area (Å²) in [4.78, 5) is 15.7. The van der Waals surface area contributed by atoms with Gasteiger partial charge in [-0.2, -0.15) is 0 Å². The molecular weight excluding hydrogens is 226 g/mol. The fraction of sp³-hybridized carbons (Fsp3) is 0.429. The van der Waals surface area contributed by atoms with Gasteiger partial charge >= 0.3 is 0 Å². The van der Waals surface area contributed by atoms with E-state index >= 15 is 0 Å². The van der Waals surface area contributed by atoms with Gasteiger partial charge < -0.3 is 11.1 Å². The molecule has 0 heterocycles. The summed E-state index contributed by atoms with van der Waals surface area (Å²) in [5.74, 6) is 0.671. The number of amidine groups is 1. The Morgan fingerprint density at radius 1 is 1.33 bits per heavy atom. The molecule has 1 aliphatic rings. The minimum Gasteiger partial charge on any atom is -0.384 e. The molecule has 4 nitrogen and oxygen atoms in total. The van der Waals surface area contributed by atoms with Crippen molar-refractivity contribution in [2.45, 2.75) is 31.7 Å². The van der Waals surface area contributed by atoms with Gasteiger partial charge in [0.15, 0.2) is 0 Å². The molecule has 0 aromatic heterocycles. The van der Waals surface area contributed by atoms with Crippen LogP contribution >= 0.6 is 0 Å². The Labute approximate surface area is 107 Å². The Morgan fingerprint density at radius 3 is 2.72 bits per heavy atom. The predicted molar refractivity (Wildman–Crippen MR) is 72.4 cm³/mol. The molecule has 1 amide bonds. The van der Waals surface area contributed by atoms with Gasteiger partial charge in [-0.1, -0.05) is 30.3 Å². The first-order valence-corrected chi connectivity index (χ1v) is 6.40. The maximum Gasteiger partial charge on any atom is 0.220 e. The lowest BCUT2D eigenvalue weighted by Crippen LogP contribution is -2.25. The van der Waals surface area contributed by atoms with Crippen LogP contribution in [0.1, 0.15) is 31.2 Å². The van der Waals surface area contributed by atoms with Gasteiger partial charge in [-0.25, -0.2) is 0 Å². The first-order chi connectivity index (χ1) is 8.75. The first kappa shape index (κ1) is 12.6. The van der Waals surface area contributed by atoms with Crippen molar-refractivity contribution >= 4 is 11.7 Å². The van der Waals surface area contributed by atoms with Crippen molar-refractivity contribution in [3.63, 3.8) is 0 Å². The van der Waals surface area contributed by atoms with Crippen LogP contribution in [-0.4, -0.2) is 24.3 Å². The second kappa shape index (κ2) is 6.19. The molecule has 0 spiro atoms. The highest BCUT2D eigenvalue weighted by Gasteiger charge is 2.22. The van der Waals surface area contributed by atoms with E-state index in [-0.39, 0.29) is 5.91 Å². The van der Waals surface area contributed by atoms with Crippen LogP contribution < -0.4 is 11.1 Å². The maximum atomic E-state index is 11.4. The number of nitrogens with one attached hydrogen (secondary N) is 1. The largest absolute Gasteiger partial charge is 0.384 e. The van der Waals surface area contributed by atoms with Crippen LogP contribution in [-0.2, 0) is 4.79 Å². The summed E-state index contributed by atoms with van der Waals surface area (Å²) in [5.41, 5.74) is 6.78. The van der Waals surface area contributed by atoms with Crippen molar-refractivity contribution in [2.75, 3.05) is 6.54 Å². The molecule has 1 aromatic rings. The van der Waals surface area contributed by atoms with Crippen LogP contribution in [0.5, 0.6) is 0 Å². The van der Waals surface area contributed by atoms with Gasteiger partial charge in [0, 0.05) is 24.6 Å². The van der Waals surface area contributed by atoms with Crippen molar-refractivity contribution < 1.29 is 4.79 Å². The molecule has 0 unspecified atom stereocenters. The van der Waals surface area contributed by atoms with Crippen LogP contribution in [0.4, 0.5) is 0 Å². The monoisotopic (exact) mass is 245 g/mol. The molecule has 1 saturated carbocycles. The van der Waals surface area contributed by atoms with Crippen molar-refractivity contribution in [2.24, 2.45) is 10.7 Å². The van der Waals surface area contributed by atoms with E-state index in [0.29, 0.717) is 24.8 Å². The summed E-state index contributed by atoms with van der Waals surface area (Å²) in [6, 6.07) is 10.1. The quantitative estimate of drug-likeness (QED) is 0.452. The van der Waals surface area contributed by atoms with E-state index < -0.39 is 0 Å². The summed E-state index contributed by atoms with van der Waals surface area (Å²) in [7, 11) is 0. The lowest BCUT2D eigenvalue weighted by Gasteiger charge is -2.02. The molecule has 0 bridgehead atoms. The second-order valence-corrected chi connectivity index (χ2v) is 4.58. The van der Waals surface area contributed by atoms with Gasteiger partial charge in [0.25, 0.3) is 0 Å². The molecule has 1 aromatic carbocycles. The Bertz CT molecular complexity index is 424. The molecule has 2 rings (SSSR count). The minimum absolute atomic E-state index is 0.131. The van der Waals surface area contributed by atoms with Crippen LogP contribution in [0.3, 0.4) is 0 Å². The number of hydrogen-bond donors (Lipinski definition) is 2. The highest BCUT2D eigenvalue weighted by atomic mass is 16.1. The molecule has 1 aliphatic carbocycles. The van der Waals surface area contributed by atoms with Crippen LogP contribution in [0.2, 0.25) is 0 Å². The van der Waals surface area contributed by atoms with Gasteiger partial charge in [0.1, 0.15) is 5.84 Å². The van der Waals surface area contributed by atoms with Crippen LogP contribution in [0.25, 0.3) is 0 Å². The van der Waals surface area contributed by atoms with E-state index in [9.17, 15) is 4.79 Å². The number of nitrogens with two attached hydrogens (primary N) is 1. The van der Waals surface area contributed by atoms with E-state index in [1.807, 2.05) is 30.3 Å². The summed E-state index contributed by atoms with van der Waals surface area (Å²) < 4.78 is 0. The van der Waals surface area contributed by atoms with Gasteiger partial charge in [-0.05, 0) is 19.3 Å². The number of amides is 1. The van der Waals surface area contributed by atoms with Gasteiger partial charge in [0.2, 0.25) is 5.91 Å². The third-order valence-electron chi connectivity index (χ3n) is 2.86. The van der Waals surface area contributed by atoms with Gasteiger partial charge in [-0.3, -0.25) is 9.79 Å². The van der Waals surface area contributed by atoms with Gasteiger partial charge in [0.05, 0.1) is 0 Å². The molecule has 0 atom stereocenters. The summed E-state index contributed by atoms with van der Waals surface area (Å²) >= 11 is 0. The Balaban J connectivity index is 1.68. The highest BCUT2D eigenvalue weighted by molar-refractivity contribution is 5.97. The van der Waals surface area contributed by atoms with E-state index in [1.54, 1.807) is 0 Å². The first-order valence-electron chi connectivity index (χ1n) is 6.40. The zero-order valence-corrected chi connectivity index (χ0v) is 10.4. The van der Waals surface area contributed by atoms with E-state index in [2.05, 4.69) is 10.3 Å². The zero-order chi connectivity index (χ0) is 12.8. The van der Waals surface area contributed by atoms with Crippen molar-refractivity contribution in [3.05, 3.63) is 35.9 Å². The van der Waals surface area contributed by atoms with Crippen LogP contribution in [0.15, 0.2) is 35.3 Å². The fourth-order valence-electron chi connectivity index (χ4n) is 1.67. The molecule has 4 heteroatoms. The fourth-order valence-corrected chi connectivity index (χ4v) is 1.67. The average molecular weight is 245 g/mol. The molecule has 1 fully saturated rings. The number of hydrogen-bond acceptors (Lipinski definition) is 2. The van der Waals surface area contributed by atoms with Gasteiger partial charge in [-0.15, -0.1) is 0 Å². The van der Waals surface area contributed by atoms with Crippen molar-refractivity contribution in [1.29, 1.82) is 0 Å². The lowest BCUT2D eigenvalue weighted by molar-refractivity contribution is -0.121. The number of aliphatic imine (C=N–C) groups is 1. The molecular formula is C14H19N3O. The summed E-state index contributed by atoms with van der Waals surface area (Å²) in [6.45, 7) is 0.596. The average Bonchev–Trinajstić information content (AvgIpc) is 3.19. The smallest absolute Gasteiger partial charge is 0.220 e. The topological polar surface area (TPSA) is 67.5 Å². The molecule has 3 N–H and O–H groups in total. The number of carbonyl (C=O) groups excluding carboxylic acids is 1. The maximum absolute atomic E-state index is 11.4. The molecule has 0 aliphatic heterocycles. The molecule has 18 heavy (non-hydrogen) atoms. The standard InChI is InChI=1S/C14H19N3O/c15-14(11-5-2-1-3-6-11)16-10-4-7-13(18)17-12-8-9-12/h1-3,5-6,12H,4,7-10H2,(H2,15,16)(H,17,18). The second-order valence-electron chi connectivity index (χ2n) is 4.58. The Hall–Kier alpha value is -1.84. The van der Waals surface area contributed by atoms with Crippen LogP contribution in [0, 0.1) is 0 Å². The Kier molecular flexibility index (Phi) is 4.34. The van der Waals surface area contributed by atoms with E-state index in [1.165, 1.54) is 0 Å². The normalized spacial score (nSPS) is 15.4. The molecule has 96 valence electrons. The number of carbonyl (C=O) groups is 1. The molecule has 0 saturated heterocycles. The minimum atomic E-state index is 0.131. The SMILES string of the molecule is NC(=NCCCC(=O)NC1CC1)c1ccccc1. The molecule has 0 radical (unpaired) electrons. The van der Waals surface area contributed by atoms with Crippen molar-refractivity contribution in [1.82, 2.24) is 5.32 Å². The zero-order valence-electron chi connectivity index (χ0n) is 10.4. The Morgan fingerprint density at radius 2 is 2.06 bits per heavy atom.